The van der Waals surface area contributed by atoms with Gasteiger partial charge in [-0.15, -0.1) is 0 Å². The Labute approximate surface area is 172 Å². The lowest BCUT2D eigenvalue weighted by molar-refractivity contribution is 0.141. The molecule has 0 aliphatic heterocycles. The Bertz CT molecular complexity index is 289. The molecule has 0 saturated carbocycles. The fourth-order valence-corrected chi connectivity index (χ4v) is 3.96. The minimum atomic E-state index is 0.734. The van der Waals surface area contributed by atoms with E-state index in [9.17, 15) is 0 Å². The maximum Gasteiger partial charge on any atom is 0.0110 e. The summed E-state index contributed by atoms with van der Waals surface area (Å²) in [5.41, 5.74) is 0. The van der Waals surface area contributed by atoms with E-state index >= 15 is 0 Å². The van der Waals surface area contributed by atoms with Gasteiger partial charge in [-0.1, -0.05) is 69.2 Å². The van der Waals surface area contributed by atoms with Crippen LogP contribution in [-0.2, 0) is 0 Å². The van der Waals surface area contributed by atoms with Crippen LogP contribution in [0.2, 0.25) is 0 Å². The van der Waals surface area contributed by atoms with Gasteiger partial charge in [-0.3, -0.25) is 0 Å². The molecule has 0 aromatic carbocycles. The van der Waals surface area contributed by atoms with E-state index in [0.29, 0.717) is 0 Å². The summed E-state index contributed by atoms with van der Waals surface area (Å²) in [6.45, 7) is 34.4. The van der Waals surface area contributed by atoms with Crippen LogP contribution in [0.4, 0.5) is 0 Å². The molecule has 164 valence electrons. The molecule has 0 spiro atoms. The first-order valence-corrected chi connectivity index (χ1v) is 11.7. The molecule has 27 heavy (non-hydrogen) atoms. The van der Waals surface area contributed by atoms with Gasteiger partial charge in [-0.05, 0) is 29.6 Å². The second-order valence-corrected chi connectivity index (χ2v) is 10.8. The molecule has 0 bridgehead atoms. The molecule has 0 fully saturated rings. The van der Waals surface area contributed by atoms with Gasteiger partial charge in [0.15, 0.2) is 0 Å². The van der Waals surface area contributed by atoms with Gasteiger partial charge in [-0.2, -0.15) is 0 Å². The van der Waals surface area contributed by atoms with Crippen LogP contribution >= 0.6 is 0 Å². The van der Waals surface area contributed by atoms with E-state index in [4.69, 9.17) is 0 Å². The van der Waals surface area contributed by atoms with Crippen molar-refractivity contribution in [3.05, 3.63) is 0 Å². The van der Waals surface area contributed by atoms with Gasteiger partial charge in [0.05, 0.1) is 0 Å². The van der Waals surface area contributed by atoms with Gasteiger partial charge in [0.25, 0.3) is 0 Å². The molecule has 0 radical (unpaired) electrons. The Morgan fingerprint density at radius 3 is 0.741 bits per heavy atom. The van der Waals surface area contributed by atoms with Crippen molar-refractivity contribution in [3.63, 3.8) is 0 Å². The second kappa shape index (κ2) is 14.8. The van der Waals surface area contributed by atoms with Crippen molar-refractivity contribution in [2.24, 2.45) is 29.6 Å². The van der Waals surface area contributed by atoms with Crippen molar-refractivity contribution in [2.45, 2.75) is 69.2 Å². The third-order valence-electron chi connectivity index (χ3n) is 4.58. The number of hydrogen-bond acceptors (Lipinski definition) is 3. The van der Waals surface area contributed by atoms with Crippen molar-refractivity contribution < 1.29 is 0 Å². The monoisotopic (exact) mass is 383 g/mol. The zero-order valence-electron chi connectivity index (χ0n) is 20.6. The van der Waals surface area contributed by atoms with Crippen molar-refractivity contribution >= 4 is 0 Å². The predicted octanol–water partition coefficient (Wildman–Crippen LogP) is 5.17. The van der Waals surface area contributed by atoms with Gasteiger partial charge >= 0.3 is 0 Å². The Kier molecular flexibility index (Phi) is 14.8. The first-order valence-electron chi connectivity index (χ1n) is 11.7. The standard InChI is InChI=1S/C24H53N3/c1-20(2)15-25(11-13-26(16-21(3)4)17-22(5)6)12-14-27(18-23(7)8)19-24(9)10/h20-24H,11-19H2,1-10H3. The first kappa shape index (κ1) is 26.9. The highest BCUT2D eigenvalue weighted by molar-refractivity contribution is 4.70. The van der Waals surface area contributed by atoms with Crippen LogP contribution in [0, 0.1) is 29.6 Å². The Morgan fingerprint density at radius 1 is 0.333 bits per heavy atom. The van der Waals surface area contributed by atoms with Gasteiger partial charge in [0, 0.05) is 58.9 Å². The van der Waals surface area contributed by atoms with E-state index in [1.54, 1.807) is 0 Å². The van der Waals surface area contributed by atoms with E-state index in [1.807, 2.05) is 0 Å². The summed E-state index contributed by atoms with van der Waals surface area (Å²) >= 11 is 0. The van der Waals surface area contributed by atoms with Crippen molar-refractivity contribution in [1.29, 1.82) is 0 Å². The molecule has 0 aliphatic carbocycles. The molecule has 0 aromatic heterocycles. The molecule has 0 heterocycles. The lowest BCUT2D eigenvalue weighted by Crippen LogP contribution is -2.43. The van der Waals surface area contributed by atoms with Crippen LogP contribution < -0.4 is 0 Å². The molecule has 0 saturated heterocycles. The van der Waals surface area contributed by atoms with Crippen molar-refractivity contribution in [2.75, 3.05) is 58.9 Å². The van der Waals surface area contributed by atoms with Crippen LogP contribution in [0.3, 0.4) is 0 Å². The zero-order chi connectivity index (χ0) is 21.0. The normalized spacial score (nSPS) is 13.1. The third-order valence-corrected chi connectivity index (χ3v) is 4.58. The highest BCUT2D eigenvalue weighted by Gasteiger charge is 2.15. The molecule has 0 amide bonds. The highest BCUT2D eigenvalue weighted by Crippen LogP contribution is 2.08. The largest absolute Gasteiger partial charge is 0.302 e. The summed E-state index contributed by atoms with van der Waals surface area (Å²) < 4.78 is 0. The average Bonchev–Trinajstić information content (AvgIpc) is 2.46. The summed E-state index contributed by atoms with van der Waals surface area (Å²) in [5, 5.41) is 0. The summed E-state index contributed by atoms with van der Waals surface area (Å²) in [4.78, 5) is 8.08. The predicted molar refractivity (Wildman–Crippen MR) is 124 cm³/mol. The summed E-state index contributed by atoms with van der Waals surface area (Å²) in [7, 11) is 0. The zero-order valence-corrected chi connectivity index (χ0v) is 20.6. The van der Waals surface area contributed by atoms with Gasteiger partial charge in [0.2, 0.25) is 0 Å². The van der Waals surface area contributed by atoms with Crippen LogP contribution in [0.5, 0.6) is 0 Å². The molecule has 3 nitrogen and oxygen atoms in total. The third kappa shape index (κ3) is 16.5. The molecule has 0 atom stereocenters. The minimum Gasteiger partial charge on any atom is -0.302 e. The van der Waals surface area contributed by atoms with E-state index in [0.717, 1.165) is 29.6 Å². The molecule has 0 rings (SSSR count). The molecule has 0 aromatic rings. The fraction of sp³-hybridized carbons (Fsp3) is 1.00. The minimum absolute atomic E-state index is 0.734. The van der Waals surface area contributed by atoms with Crippen molar-refractivity contribution in [3.8, 4) is 0 Å². The van der Waals surface area contributed by atoms with E-state index in [2.05, 4.69) is 83.9 Å². The number of rotatable bonds is 16. The smallest absolute Gasteiger partial charge is 0.0110 e. The average molecular weight is 384 g/mol. The SMILES string of the molecule is CC(C)CN(CCN(CC(C)C)CC(C)C)CCN(CC(C)C)CC(C)C. The Morgan fingerprint density at radius 2 is 0.519 bits per heavy atom. The van der Waals surface area contributed by atoms with E-state index < -0.39 is 0 Å². The lowest BCUT2D eigenvalue weighted by atomic mass is 10.1. The lowest BCUT2D eigenvalue weighted by Gasteiger charge is -2.33. The highest BCUT2D eigenvalue weighted by atomic mass is 15.2. The molecular formula is C24H53N3. The van der Waals surface area contributed by atoms with Crippen LogP contribution in [0.15, 0.2) is 0 Å². The molecule has 0 aliphatic rings. The van der Waals surface area contributed by atoms with Crippen LogP contribution in [0.25, 0.3) is 0 Å². The van der Waals surface area contributed by atoms with Crippen molar-refractivity contribution in [1.82, 2.24) is 14.7 Å². The van der Waals surface area contributed by atoms with Crippen LogP contribution in [-0.4, -0.2) is 73.6 Å². The number of hydrogen-bond donors (Lipinski definition) is 0. The fourth-order valence-electron chi connectivity index (χ4n) is 3.96. The maximum atomic E-state index is 2.71. The van der Waals surface area contributed by atoms with E-state index in [-0.39, 0.29) is 0 Å². The molecular weight excluding hydrogens is 330 g/mol. The van der Waals surface area contributed by atoms with Gasteiger partial charge < -0.3 is 14.7 Å². The summed E-state index contributed by atoms with van der Waals surface area (Å²) in [6, 6.07) is 0. The maximum absolute atomic E-state index is 2.71. The van der Waals surface area contributed by atoms with Gasteiger partial charge in [0.1, 0.15) is 0 Å². The topological polar surface area (TPSA) is 9.72 Å². The first-order chi connectivity index (χ1) is 12.5. The van der Waals surface area contributed by atoms with Gasteiger partial charge in [-0.25, -0.2) is 0 Å². The molecule has 3 heteroatoms. The van der Waals surface area contributed by atoms with Crippen LogP contribution in [0.1, 0.15) is 69.2 Å². The number of nitrogens with zero attached hydrogens (tertiary/aromatic N) is 3. The molecule has 0 N–H and O–H groups in total. The Hall–Kier alpha value is -0.120. The summed E-state index contributed by atoms with van der Waals surface area (Å²) in [5.74, 6) is 3.71. The molecule has 0 unspecified atom stereocenters. The van der Waals surface area contributed by atoms with E-state index in [1.165, 1.54) is 58.9 Å². The Balaban J connectivity index is 4.73. The quantitative estimate of drug-likeness (QED) is 0.364. The second-order valence-electron chi connectivity index (χ2n) is 10.8. The summed E-state index contributed by atoms with van der Waals surface area (Å²) in [6.07, 6.45) is 0.